The Labute approximate surface area is 190 Å². The van der Waals surface area contributed by atoms with Crippen molar-refractivity contribution in [1.82, 2.24) is 4.57 Å². The number of amides is 1. The van der Waals surface area contributed by atoms with Crippen LogP contribution in [0.5, 0.6) is 0 Å². The van der Waals surface area contributed by atoms with Crippen molar-refractivity contribution in [2.24, 2.45) is 5.73 Å². The summed E-state index contributed by atoms with van der Waals surface area (Å²) in [5.74, 6) is -0.484. The molecule has 153 valence electrons. The third-order valence-corrected chi connectivity index (χ3v) is 5.96. The Bertz CT molecular complexity index is 1540. The van der Waals surface area contributed by atoms with Crippen LogP contribution in [0.1, 0.15) is 21.5 Å². The first-order valence-corrected chi connectivity index (χ1v) is 10.4. The number of carbonyl (C=O) groups is 1. The molecule has 1 radical (unpaired) electrons. The van der Waals surface area contributed by atoms with E-state index in [9.17, 15) is 10.1 Å². The van der Waals surface area contributed by atoms with Gasteiger partial charge in [0.25, 0.3) is 0 Å². The molecule has 5 aromatic rings. The fourth-order valence-corrected chi connectivity index (χ4v) is 4.30. The summed E-state index contributed by atoms with van der Waals surface area (Å²) in [5, 5.41) is 11.8. The van der Waals surface area contributed by atoms with E-state index >= 15 is 0 Å². The Kier molecular flexibility index (Phi) is 4.89. The molecule has 4 aromatic carbocycles. The fraction of sp³-hybridized carbons (Fsp3) is 0.0370. The molecule has 0 atom stereocenters. The molecule has 0 bridgehead atoms. The number of carbonyl (C=O) groups excluding carboxylic acids is 1. The van der Waals surface area contributed by atoms with Crippen molar-refractivity contribution < 1.29 is 4.79 Å². The first-order chi connectivity index (χ1) is 15.6. The maximum atomic E-state index is 12.2. The highest BCUT2D eigenvalue weighted by atomic mass is 35.5. The van der Waals surface area contributed by atoms with Crippen LogP contribution in [0, 0.1) is 17.4 Å². The number of halogens is 1. The molecular weight excluding hydrogens is 418 g/mol. The average Bonchev–Trinajstić information content (AvgIpc) is 3.13. The Morgan fingerprint density at radius 1 is 1.00 bits per heavy atom. The van der Waals surface area contributed by atoms with Crippen LogP contribution in [0.15, 0.2) is 78.9 Å². The first-order valence-electron chi connectivity index (χ1n) is 10.1. The Hall–Kier alpha value is -4.07. The standard InChI is InChI=1S/C27H17ClN3O/c28-21-11-8-17(9-12-21)18-10-13-22-25(14-18)31(16-20-5-2-1-4-19(20)15-29)24-7-3-6-23(26(22)24)27(30)32/h1-12,14H,16H2,(H2,30,32). The number of benzene rings is 4. The van der Waals surface area contributed by atoms with Gasteiger partial charge in [-0.15, -0.1) is 0 Å². The van der Waals surface area contributed by atoms with E-state index in [1.165, 1.54) is 0 Å². The van der Waals surface area contributed by atoms with E-state index in [1.54, 1.807) is 6.07 Å². The van der Waals surface area contributed by atoms with Crippen LogP contribution >= 0.6 is 11.6 Å². The number of rotatable bonds is 4. The molecule has 5 heteroatoms. The van der Waals surface area contributed by atoms with Gasteiger partial charge in [0, 0.05) is 27.9 Å². The topological polar surface area (TPSA) is 71.8 Å². The van der Waals surface area contributed by atoms with E-state index in [4.69, 9.17) is 17.3 Å². The van der Waals surface area contributed by atoms with Gasteiger partial charge in [0.2, 0.25) is 5.91 Å². The third-order valence-electron chi connectivity index (χ3n) is 5.70. The molecule has 1 amide bonds. The minimum atomic E-state index is -0.484. The molecule has 0 aliphatic carbocycles. The van der Waals surface area contributed by atoms with Crippen LogP contribution in [0.25, 0.3) is 32.9 Å². The SMILES string of the molecule is N#Cc1ccccc1Cn1c2cc(-c3ccc(Cl)cc3)c[c]c2c2c(C(N)=O)cccc21. The van der Waals surface area contributed by atoms with Crippen molar-refractivity contribution in [2.45, 2.75) is 6.54 Å². The van der Waals surface area contributed by atoms with Gasteiger partial charge in [-0.1, -0.05) is 48.0 Å². The molecule has 0 aliphatic rings. The van der Waals surface area contributed by atoms with Crippen molar-refractivity contribution >= 4 is 39.3 Å². The van der Waals surface area contributed by atoms with Crippen molar-refractivity contribution in [2.75, 3.05) is 0 Å². The zero-order chi connectivity index (χ0) is 22.2. The molecular formula is C27H17ClN3O. The van der Waals surface area contributed by atoms with Gasteiger partial charge in [-0.3, -0.25) is 4.79 Å². The normalized spacial score (nSPS) is 11.0. The van der Waals surface area contributed by atoms with Crippen LogP contribution in [0.2, 0.25) is 5.02 Å². The number of hydrogen-bond acceptors (Lipinski definition) is 2. The summed E-state index contributed by atoms with van der Waals surface area (Å²) in [6.45, 7) is 0.476. The Morgan fingerprint density at radius 2 is 1.78 bits per heavy atom. The van der Waals surface area contributed by atoms with Gasteiger partial charge < -0.3 is 10.3 Å². The third kappa shape index (κ3) is 3.30. The van der Waals surface area contributed by atoms with E-state index < -0.39 is 5.91 Å². The number of aromatic nitrogens is 1. The van der Waals surface area contributed by atoms with Crippen LogP contribution in [-0.4, -0.2) is 10.5 Å². The van der Waals surface area contributed by atoms with Crippen molar-refractivity contribution in [1.29, 1.82) is 5.26 Å². The smallest absolute Gasteiger partial charge is 0.249 e. The second-order valence-corrected chi connectivity index (χ2v) is 8.01. The minimum Gasteiger partial charge on any atom is -0.366 e. The lowest BCUT2D eigenvalue weighted by atomic mass is 10.0. The summed E-state index contributed by atoms with van der Waals surface area (Å²) < 4.78 is 2.11. The summed E-state index contributed by atoms with van der Waals surface area (Å²) in [6, 6.07) is 30.3. The van der Waals surface area contributed by atoms with Crippen LogP contribution < -0.4 is 5.73 Å². The molecule has 0 saturated heterocycles. The van der Waals surface area contributed by atoms with Crippen molar-refractivity contribution in [3.8, 4) is 17.2 Å². The maximum Gasteiger partial charge on any atom is 0.249 e. The molecule has 0 unspecified atom stereocenters. The molecule has 0 spiro atoms. The Morgan fingerprint density at radius 3 is 2.53 bits per heavy atom. The largest absolute Gasteiger partial charge is 0.366 e. The molecule has 1 heterocycles. The van der Waals surface area contributed by atoms with Crippen molar-refractivity contribution in [3.05, 3.63) is 107 Å². The predicted octanol–water partition coefficient (Wildman–Crippen LogP) is 5.93. The summed E-state index contributed by atoms with van der Waals surface area (Å²) in [6.07, 6.45) is 0. The molecule has 32 heavy (non-hydrogen) atoms. The van der Waals surface area contributed by atoms with Crippen LogP contribution in [0.4, 0.5) is 0 Å². The number of fused-ring (bicyclic) bond motifs is 3. The summed E-state index contributed by atoms with van der Waals surface area (Å²) >= 11 is 6.06. The van der Waals surface area contributed by atoms with Gasteiger partial charge in [0.05, 0.1) is 22.7 Å². The lowest BCUT2D eigenvalue weighted by Gasteiger charge is -2.10. The number of nitrogens with two attached hydrogens (primary N) is 1. The zero-order valence-electron chi connectivity index (χ0n) is 17.0. The van der Waals surface area contributed by atoms with E-state index in [2.05, 4.69) is 22.8 Å². The summed E-state index contributed by atoms with van der Waals surface area (Å²) in [7, 11) is 0. The quantitative estimate of drug-likeness (QED) is 0.380. The molecule has 0 aliphatic heterocycles. The molecule has 0 fully saturated rings. The molecule has 4 nitrogen and oxygen atoms in total. The molecule has 5 rings (SSSR count). The second-order valence-electron chi connectivity index (χ2n) is 7.57. The fourth-order valence-electron chi connectivity index (χ4n) is 4.18. The van der Waals surface area contributed by atoms with Gasteiger partial charge in [0.1, 0.15) is 0 Å². The summed E-state index contributed by atoms with van der Waals surface area (Å²) in [4.78, 5) is 12.2. The zero-order valence-corrected chi connectivity index (χ0v) is 17.7. The van der Waals surface area contributed by atoms with Crippen LogP contribution in [0.3, 0.4) is 0 Å². The van der Waals surface area contributed by atoms with Gasteiger partial charge >= 0.3 is 0 Å². The Balaban J connectivity index is 1.81. The number of hydrogen-bond donors (Lipinski definition) is 1. The molecule has 0 saturated carbocycles. The monoisotopic (exact) mass is 434 g/mol. The second kappa shape index (κ2) is 7.88. The molecule has 2 N–H and O–H groups in total. The highest BCUT2D eigenvalue weighted by Crippen LogP contribution is 2.35. The lowest BCUT2D eigenvalue weighted by Crippen LogP contribution is -2.11. The predicted molar refractivity (Wildman–Crippen MR) is 128 cm³/mol. The lowest BCUT2D eigenvalue weighted by molar-refractivity contribution is 0.100. The van der Waals surface area contributed by atoms with E-state index in [0.29, 0.717) is 22.7 Å². The van der Waals surface area contributed by atoms with Crippen LogP contribution in [-0.2, 0) is 6.54 Å². The average molecular weight is 435 g/mol. The number of nitrogens with zero attached hydrogens (tertiary/aromatic N) is 2. The maximum absolute atomic E-state index is 12.2. The molecule has 1 aromatic heterocycles. The van der Waals surface area contributed by atoms with E-state index in [-0.39, 0.29) is 0 Å². The van der Waals surface area contributed by atoms with Crippen molar-refractivity contribution in [3.63, 3.8) is 0 Å². The minimum absolute atomic E-state index is 0.454. The van der Waals surface area contributed by atoms with E-state index in [0.717, 1.165) is 38.5 Å². The number of primary amides is 1. The number of nitriles is 1. The van der Waals surface area contributed by atoms with Gasteiger partial charge in [-0.25, -0.2) is 0 Å². The summed E-state index contributed by atoms with van der Waals surface area (Å²) in [5.41, 5.74) is 11.4. The first kappa shape index (κ1) is 19.9. The van der Waals surface area contributed by atoms with E-state index in [1.807, 2.05) is 66.7 Å². The highest BCUT2D eigenvalue weighted by Gasteiger charge is 2.18. The van der Waals surface area contributed by atoms with Gasteiger partial charge in [-0.05, 0) is 65.2 Å². The highest BCUT2D eigenvalue weighted by molar-refractivity contribution is 6.30. The van der Waals surface area contributed by atoms with Gasteiger partial charge in [0.15, 0.2) is 0 Å². The van der Waals surface area contributed by atoms with Gasteiger partial charge in [-0.2, -0.15) is 5.26 Å².